The molecule has 0 aliphatic carbocycles. The zero-order chi connectivity index (χ0) is 12.5. The molecule has 3 rings (SSSR count). The number of anilines is 1. The Balaban J connectivity index is 1.96. The van der Waals surface area contributed by atoms with Gasteiger partial charge in [0.1, 0.15) is 5.75 Å². The first-order valence-corrected chi connectivity index (χ1v) is 7.04. The maximum absolute atomic E-state index is 10.6. The number of piperidine rings is 1. The summed E-state index contributed by atoms with van der Waals surface area (Å²) < 4.78 is 0. The molecule has 0 amide bonds. The number of aromatic hydroxyl groups is 1. The number of phenolic OH excluding ortho intramolecular Hbond substituents is 1. The van der Waals surface area contributed by atoms with Crippen LogP contribution in [0.3, 0.4) is 0 Å². The van der Waals surface area contributed by atoms with Crippen LogP contribution in [0.5, 0.6) is 5.75 Å². The molecular formula is C15H22N2O. The Morgan fingerprint density at radius 2 is 2.22 bits per heavy atom. The highest BCUT2D eigenvalue weighted by molar-refractivity contribution is 5.63. The Morgan fingerprint density at radius 3 is 3.00 bits per heavy atom. The van der Waals surface area contributed by atoms with Crippen molar-refractivity contribution >= 4 is 5.69 Å². The summed E-state index contributed by atoms with van der Waals surface area (Å²) in [5, 5.41) is 14.0. The fraction of sp³-hybridized carbons (Fsp3) is 0.600. The Hall–Kier alpha value is -1.22. The molecule has 98 valence electrons. The van der Waals surface area contributed by atoms with E-state index in [1.165, 1.54) is 18.5 Å². The molecule has 0 spiro atoms. The number of rotatable bonds is 1. The number of nitrogens with zero attached hydrogens (tertiary/aromatic N) is 1. The lowest BCUT2D eigenvalue weighted by molar-refractivity contribution is 0.420. The van der Waals surface area contributed by atoms with Gasteiger partial charge in [0.25, 0.3) is 0 Å². The number of phenols is 1. The van der Waals surface area contributed by atoms with E-state index in [4.69, 9.17) is 0 Å². The van der Waals surface area contributed by atoms with E-state index in [2.05, 4.69) is 29.4 Å². The van der Waals surface area contributed by atoms with Crippen molar-refractivity contribution in [2.75, 3.05) is 31.6 Å². The molecule has 1 aromatic rings. The summed E-state index contributed by atoms with van der Waals surface area (Å²) in [5.74, 6) is 1.05. The molecule has 1 fully saturated rings. The highest BCUT2D eigenvalue weighted by atomic mass is 16.3. The summed E-state index contributed by atoms with van der Waals surface area (Å²) in [6, 6.07) is 4.33. The van der Waals surface area contributed by atoms with Crippen molar-refractivity contribution in [3.63, 3.8) is 0 Å². The zero-order valence-electron chi connectivity index (χ0n) is 11.1. The van der Waals surface area contributed by atoms with Gasteiger partial charge in [-0.05, 0) is 43.9 Å². The van der Waals surface area contributed by atoms with Crippen LogP contribution in [-0.4, -0.2) is 31.8 Å². The molecule has 2 aliphatic heterocycles. The smallest absolute Gasteiger partial charge is 0.124 e. The molecule has 1 aromatic carbocycles. The second kappa shape index (κ2) is 4.81. The van der Waals surface area contributed by atoms with Gasteiger partial charge < -0.3 is 15.3 Å². The van der Waals surface area contributed by atoms with Crippen LogP contribution in [-0.2, 0) is 6.42 Å². The van der Waals surface area contributed by atoms with Gasteiger partial charge in [0.15, 0.2) is 0 Å². The third-order valence-corrected chi connectivity index (χ3v) is 4.36. The number of nitrogens with one attached hydrogen (secondary N) is 1. The molecule has 0 radical (unpaired) electrons. The molecule has 1 saturated heterocycles. The van der Waals surface area contributed by atoms with Crippen LogP contribution in [0, 0.1) is 0 Å². The average Bonchev–Trinajstić information content (AvgIpc) is 2.41. The maximum Gasteiger partial charge on any atom is 0.124 e. The number of fused-ring (bicyclic) bond motifs is 1. The maximum atomic E-state index is 10.6. The Morgan fingerprint density at radius 1 is 1.33 bits per heavy atom. The van der Waals surface area contributed by atoms with Crippen molar-refractivity contribution in [2.24, 2.45) is 0 Å². The van der Waals surface area contributed by atoms with E-state index in [1.54, 1.807) is 0 Å². The standard InChI is InChI=1S/C15H22N2O/c1-17-9-3-5-13-14(17)7-6-12(15(13)18)11-4-2-8-16-10-11/h6-7,11,16,18H,2-5,8-10H2,1H3. The van der Waals surface area contributed by atoms with Crippen molar-refractivity contribution in [1.82, 2.24) is 5.32 Å². The fourth-order valence-electron chi connectivity index (χ4n) is 3.31. The van der Waals surface area contributed by atoms with Crippen LogP contribution < -0.4 is 10.2 Å². The molecule has 3 nitrogen and oxygen atoms in total. The van der Waals surface area contributed by atoms with Crippen LogP contribution >= 0.6 is 0 Å². The van der Waals surface area contributed by atoms with Gasteiger partial charge in [-0.2, -0.15) is 0 Å². The minimum absolute atomic E-state index is 0.483. The molecule has 1 atom stereocenters. The topological polar surface area (TPSA) is 35.5 Å². The first kappa shape index (κ1) is 11.8. The first-order chi connectivity index (χ1) is 8.77. The van der Waals surface area contributed by atoms with Gasteiger partial charge in [0, 0.05) is 37.3 Å². The third-order valence-electron chi connectivity index (χ3n) is 4.36. The molecule has 3 heteroatoms. The Kier molecular flexibility index (Phi) is 3.16. The number of benzene rings is 1. The van der Waals surface area contributed by atoms with E-state index >= 15 is 0 Å². The number of hydrogen-bond donors (Lipinski definition) is 2. The van der Waals surface area contributed by atoms with Crippen LogP contribution in [0.15, 0.2) is 12.1 Å². The summed E-state index contributed by atoms with van der Waals surface area (Å²) in [6.45, 7) is 3.21. The van der Waals surface area contributed by atoms with Crippen molar-refractivity contribution in [2.45, 2.75) is 31.6 Å². The normalized spacial score (nSPS) is 23.8. The number of hydrogen-bond acceptors (Lipinski definition) is 3. The Labute approximate surface area is 109 Å². The lowest BCUT2D eigenvalue weighted by Crippen LogP contribution is -2.29. The highest BCUT2D eigenvalue weighted by Gasteiger charge is 2.24. The second-order valence-corrected chi connectivity index (χ2v) is 5.57. The van der Waals surface area contributed by atoms with Crippen molar-refractivity contribution in [1.29, 1.82) is 0 Å². The zero-order valence-corrected chi connectivity index (χ0v) is 11.1. The highest BCUT2D eigenvalue weighted by Crippen LogP contribution is 2.39. The predicted molar refractivity (Wildman–Crippen MR) is 74.5 cm³/mol. The monoisotopic (exact) mass is 246 g/mol. The molecule has 1 unspecified atom stereocenters. The van der Waals surface area contributed by atoms with Gasteiger partial charge in [-0.25, -0.2) is 0 Å². The molecule has 0 bridgehead atoms. The van der Waals surface area contributed by atoms with Gasteiger partial charge in [-0.1, -0.05) is 6.07 Å². The van der Waals surface area contributed by atoms with E-state index in [0.717, 1.165) is 43.6 Å². The molecule has 2 aliphatic rings. The Bertz CT molecular complexity index is 438. The van der Waals surface area contributed by atoms with Gasteiger partial charge >= 0.3 is 0 Å². The summed E-state index contributed by atoms with van der Waals surface area (Å²) >= 11 is 0. The molecule has 2 N–H and O–H groups in total. The predicted octanol–water partition coefficient (Wildman–Crippen LogP) is 2.24. The first-order valence-electron chi connectivity index (χ1n) is 7.04. The summed E-state index contributed by atoms with van der Waals surface area (Å²) in [5.41, 5.74) is 3.52. The van der Waals surface area contributed by atoms with Crippen LogP contribution in [0.4, 0.5) is 5.69 Å². The van der Waals surface area contributed by atoms with Crippen LogP contribution in [0.2, 0.25) is 0 Å². The minimum atomic E-state index is 0.483. The van der Waals surface area contributed by atoms with Gasteiger partial charge in [-0.3, -0.25) is 0 Å². The van der Waals surface area contributed by atoms with E-state index in [1.807, 2.05) is 0 Å². The van der Waals surface area contributed by atoms with Crippen LogP contribution in [0.25, 0.3) is 0 Å². The summed E-state index contributed by atoms with van der Waals surface area (Å²) in [6.07, 6.45) is 4.55. The lowest BCUT2D eigenvalue weighted by Gasteiger charge is -2.31. The second-order valence-electron chi connectivity index (χ2n) is 5.57. The van der Waals surface area contributed by atoms with Gasteiger partial charge in [0.2, 0.25) is 0 Å². The largest absolute Gasteiger partial charge is 0.507 e. The molecule has 0 saturated carbocycles. The van der Waals surface area contributed by atoms with Gasteiger partial charge in [0.05, 0.1) is 0 Å². The van der Waals surface area contributed by atoms with E-state index in [9.17, 15) is 5.11 Å². The van der Waals surface area contributed by atoms with Crippen molar-refractivity contribution < 1.29 is 5.11 Å². The van der Waals surface area contributed by atoms with E-state index < -0.39 is 0 Å². The fourth-order valence-corrected chi connectivity index (χ4v) is 3.31. The molecule has 0 aromatic heterocycles. The summed E-state index contributed by atoms with van der Waals surface area (Å²) in [4.78, 5) is 2.25. The quantitative estimate of drug-likeness (QED) is 0.797. The molecule has 2 heterocycles. The molecule has 18 heavy (non-hydrogen) atoms. The minimum Gasteiger partial charge on any atom is -0.507 e. The van der Waals surface area contributed by atoms with Crippen molar-refractivity contribution in [3.8, 4) is 5.75 Å². The lowest BCUT2D eigenvalue weighted by atomic mass is 9.87. The van der Waals surface area contributed by atoms with E-state index in [-0.39, 0.29) is 0 Å². The third kappa shape index (κ3) is 1.97. The summed E-state index contributed by atoms with van der Waals surface area (Å²) in [7, 11) is 2.11. The SMILES string of the molecule is CN1CCCc2c1ccc(C1CCCNC1)c2O. The van der Waals surface area contributed by atoms with Gasteiger partial charge in [-0.15, -0.1) is 0 Å². The van der Waals surface area contributed by atoms with Crippen LogP contribution in [0.1, 0.15) is 36.3 Å². The average molecular weight is 246 g/mol. The van der Waals surface area contributed by atoms with Crippen molar-refractivity contribution in [3.05, 3.63) is 23.3 Å². The molecular weight excluding hydrogens is 224 g/mol. The van der Waals surface area contributed by atoms with E-state index in [0.29, 0.717) is 11.7 Å².